The lowest BCUT2D eigenvalue weighted by Gasteiger charge is -2.30. The minimum atomic E-state index is -3.57. The minimum absolute atomic E-state index is 0.237. The molecule has 1 fully saturated rings. The summed E-state index contributed by atoms with van der Waals surface area (Å²) >= 11 is 0. The van der Waals surface area contributed by atoms with E-state index in [0.29, 0.717) is 18.5 Å². The van der Waals surface area contributed by atoms with E-state index in [2.05, 4.69) is 12.2 Å². The van der Waals surface area contributed by atoms with Crippen LogP contribution in [-0.2, 0) is 30.8 Å². The van der Waals surface area contributed by atoms with E-state index < -0.39 is 33.9 Å². The first-order valence-electron chi connectivity index (χ1n) is 10.5. The van der Waals surface area contributed by atoms with Crippen molar-refractivity contribution in [1.29, 1.82) is 0 Å². The molecule has 0 spiro atoms. The number of carbonyl (C=O) groups excluding carboxylic acids is 2. The van der Waals surface area contributed by atoms with Crippen LogP contribution in [0.25, 0.3) is 0 Å². The van der Waals surface area contributed by atoms with Gasteiger partial charge >= 0.3 is 5.97 Å². The predicted octanol–water partition coefficient (Wildman–Crippen LogP) is 3.22. The maximum Gasteiger partial charge on any atom is 0.309 e. The average molecular weight is 445 g/mol. The zero-order valence-electron chi connectivity index (χ0n) is 17.8. The summed E-state index contributed by atoms with van der Waals surface area (Å²) in [5.41, 5.74) is 1.81. The van der Waals surface area contributed by atoms with Crippen LogP contribution in [0.3, 0.4) is 0 Å². The monoisotopic (exact) mass is 444 g/mol. The molecule has 0 radical (unpaired) electrons. The van der Waals surface area contributed by atoms with Crippen LogP contribution in [0.5, 0.6) is 0 Å². The molecule has 1 unspecified atom stereocenters. The number of carbonyl (C=O) groups is 2. The molecule has 166 valence electrons. The molecular weight excluding hydrogens is 416 g/mol. The number of nitrogens with one attached hydrogen (secondary N) is 1. The third kappa shape index (κ3) is 5.71. The molecule has 8 heteroatoms. The number of rotatable bonds is 7. The van der Waals surface area contributed by atoms with Crippen molar-refractivity contribution in [3.63, 3.8) is 0 Å². The smallest absolute Gasteiger partial charge is 0.309 e. The number of ether oxygens (including phenoxy) is 1. The lowest BCUT2D eigenvalue weighted by molar-refractivity contribution is -0.158. The maximum atomic E-state index is 12.7. The van der Waals surface area contributed by atoms with E-state index in [4.69, 9.17) is 4.74 Å². The lowest BCUT2D eigenvalue weighted by atomic mass is 9.98. The van der Waals surface area contributed by atoms with Gasteiger partial charge in [-0.05, 0) is 56.0 Å². The zero-order chi connectivity index (χ0) is 22.4. The number of aryl methyl sites for hydroxylation is 1. The highest BCUT2D eigenvalue weighted by molar-refractivity contribution is 7.89. The van der Waals surface area contributed by atoms with Gasteiger partial charge in [0, 0.05) is 18.8 Å². The van der Waals surface area contributed by atoms with E-state index in [9.17, 15) is 18.0 Å². The first-order valence-corrected chi connectivity index (χ1v) is 11.9. The molecule has 31 heavy (non-hydrogen) atoms. The van der Waals surface area contributed by atoms with Gasteiger partial charge in [0.1, 0.15) is 0 Å². The molecule has 1 N–H and O–H groups in total. The Balaban J connectivity index is 1.50. The molecule has 2 aromatic carbocycles. The SMILES string of the molecule is CCc1ccc(NC(=O)C(C)OC(=O)C2CCN(S(=O)(=O)c3ccccc3)CC2)cc1. The normalized spacial score (nSPS) is 16.5. The van der Waals surface area contributed by atoms with Gasteiger partial charge in [-0.25, -0.2) is 8.42 Å². The van der Waals surface area contributed by atoms with Crippen molar-refractivity contribution in [3.8, 4) is 0 Å². The second kappa shape index (κ2) is 10.1. The van der Waals surface area contributed by atoms with Gasteiger partial charge in [-0.3, -0.25) is 9.59 Å². The summed E-state index contributed by atoms with van der Waals surface area (Å²) in [7, 11) is -3.57. The first-order chi connectivity index (χ1) is 14.8. The molecule has 0 aliphatic carbocycles. The molecular formula is C23H28N2O5S. The summed E-state index contributed by atoms with van der Waals surface area (Å²) < 4.78 is 32.1. The molecule has 2 aromatic rings. The minimum Gasteiger partial charge on any atom is -0.452 e. The van der Waals surface area contributed by atoms with E-state index in [-0.39, 0.29) is 18.0 Å². The number of benzene rings is 2. The number of nitrogens with zero attached hydrogens (tertiary/aromatic N) is 1. The summed E-state index contributed by atoms with van der Waals surface area (Å²) in [5, 5.41) is 2.74. The molecule has 1 atom stereocenters. The number of amides is 1. The Kier molecular flexibility index (Phi) is 7.46. The second-order valence-electron chi connectivity index (χ2n) is 7.61. The van der Waals surface area contributed by atoms with E-state index in [0.717, 1.165) is 12.0 Å². The lowest BCUT2D eigenvalue weighted by Crippen LogP contribution is -2.41. The molecule has 1 saturated heterocycles. The third-order valence-electron chi connectivity index (χ3n) is 5.46. The van der Waals surface area contributed by atoms with Crippen molar-refractivity contribution in [3.05, 3.63) is 60.2 Å². The Morgan fingerprint density at radius 2 is 1.68 bits per heavy atom. The van der Waals surface area contributed by atoms with Crippen LogP contribution in [0.15, 0.2) is 59.5 Å². The fraction of sp³-hybridized carbons (Fsp3) is 0.391. The van der Waals surface area contributed by atoms with E-state index in [1.165, 1.54) is 11.2 Å². The Morgan fingerprint density at radius 1 is 1.06 bits per heavy atom. The number of hydrogen-bond donors (Lipinski definition) is 1. The Hall–Kier alpha value is -2.71. The summed E-state index contributed by atoms with van der Waals surface area (Å²) in [6.07, 6.45) is 0.688. The summed E-state index contributed by atoms with van der Waals surface area (Å²) in [6.45, 7) is 4.06. The van der Waals surface area contributed by atoms with Crippen LogP contribution in [0, 0.1) is 5.92 Å². The predicted molar refractivity (Wildman–Crippen MR) is 118 cm³/mol. The maximum absolute atomic E-state index is 12.7. The van der Waals surface area contributed by atoms with Crippen LogP contribution < -0.4 is 5.32 Å². The van der Waals surface area contributed by atoms with Gasteiger partial charge in [-0.1, -0.05) is 37.3 Å². The fourth-order valence-corrected chi connectivity index (χ4v) is 4.96. The largest absolute Gasteiger partial charge is 0.452 e. The van der Waals surface area contributed by atoms with E-state index in [1.54, 1.807) is 30.3 Å². The highest BCUT2D eigenvalue weighted by atomic mass is 32.2. The van der Waals surface area contributed by atoms with Crippen molar-refractivity contribution in [2.24, 2.45) is 5.92 Å². The number of piperidine rings is 1. The summed E-state index contributed by atoms with van der Waals surface area (Å²) in [5.74, 6) is -1.30. The summed E-state index contributed by atoms with van der Waals surface area (Å²) in [4.78, 5) is 25.1. The average Bonchev–Trinajstić information content (AvgIpc) is 2.80. The van der Waals surface area contributed by atoms with Gasteiger partial charge in [0.05, 0.1) is 10.8 Å². The quantitative estimate of drug-likeness (QED) is 0.662. The van der Waals surface area contributed by atoms with Gasteiger partial charge in [0.15, 0.2) is 6.10 Å². The highest BCUT2D eigenvalue weighted by Gasteiger charge is 2.33. The van der Waals surface area contributed by atoms with E-state index in [1.807, 2.05) is 24.3 Å². The highest BCUT2D eigenvalue weighted by Crippen LogP contribution is 2.25. The van der Waals surface area contributed by atoms with Gasteiger partial charge < -0.3 is 10.1 Å². The molecule has 1 heterocycles. The van der Waals surface area contributed by atoms with Crippen molar-refractivity contribution in [2.45, 2.75) is 44.1 Å². The van der Waals surface area contributed by atoms with Crippen LogP contribution >= 0.6 is 0 Å². The first kappa shape index (κ1) is 23.0. The zero-order valence-corrected chi connectivity index (χ0v) is 18.6. The topological polar surface area (TPSA) is 92.8 Å². The van der Waals surface area contributed by atoms with E-state index >= 15 is 0 Å². The standard InChI is InChI=1S/C23H28N2O5S/c1-3-18-9-11-20(12-10-18)24-22(26)17(2)30-23(27)19-13-15-25(16-14-19)31(28,29)21-7-5-4-6-8-21/h4-12,17,19H,3,13-16H2,1-2H3,(H,24,26). The van der Waals surface area contributed by atoms with Gasteiger partial charge in [-0.15, -0.1) is 0 Å². The number of anilines is 1. The molecule has 1 aliphatic heterocycles. The van der Waals surface area contributed by atoms with Crippen LogP contribution in [0.2, 0.25) is 0 Å². The van der Waals surface area contributed by atoms with Gasteiger partial charge in [0.25, 0.3) is 5.91 Å². The molecule has 0 aromatic heterocycles. The third-order valence-corrected chi connectivity index (χ3v) is 7.37. The number of sulfonamides is 1. The van der Waals surface area contributed by atoms with Crippen LogP contribution in [0.1, 0.15) is 32.3 Å². The van der Waals surface area contributed by atoms with Crippen molar-refractivity contribution in [1.82, 2.24) is 4.31 Å². The van der Waals surface area contributed by atoms with Crippen molar-refractivity contribution in [2.75, 3.05) is 18.4 Å². The van der Waals surface area contributed by atoms with Gasteiger partial charge in [-0.2, -0.15) is 4.31 Å². The second-order valence-corrected chi connectivity index (χ2v) is 9.55. The molecule has 3 rings (SSSR count). The molecule has 7 nitrogen and oxygen atoms in total. The molecule has 1 amide bonds. The number of hydrogen-bond acceptors (Lipinski definition) is 5. The van der Waals surface area contributed by atoms with Crippen molar-refractivity contribution < 1.29 is 22.7 Å². The molecule has 0 bridgehead atoms. The fourth-order valence-electron chi connectivity index (χ4n) is 3.47. The molecule has 0 saturated carbocycles. The van der Waals surface area contributed by atoms with Gasteiger partial charge in [0.2, 0.25) is 10.0 Å². The summed E-state index contributed by atoms with van der Waals surface area (Å²) in [6, 6.07) is 15.7. The molecule has 1 aliphatic rings. The Labute approximate surface area is 183 Å². The van der Waals surface area contributed by atoms with Crippen molar-refractivity contribution >= 4 is 27.6 Å². The Bertz CT molecular complexity index is 998. The Morgan fingerprint density at radius 3 is 2.26 bits per heavy atom. The number of esters is 1. The van der Waals surface area contributed by atoms with Crippen LogP contribution in [0.4, 0.5) is 5.69 Å². The van der Waals surface area contributed by atoms with Crippen LogP contribution in [-0.4, -0.2) is 43.8 Å².